The Balaban J connectivity index is 2.21. The summed E-state index contributed by atoms with van der Waals surface area (Å²) in [4.78, 5) is 2.40. The van der Waals surface area contributed by atoms with E-state index in [-0.39, 0.29) is 0 Å². The fourth-order valence-corrected chi connectivity index (χ4v) is 2.59. The van der Waals surface area contributed by atoms with Crippen molar-refractivity contribution in [3.05, 3.63) is 0 Å². The fraction of sp³-hybridized carbons (Fsp3) is 1.00. The quantitative estimate of drug-likeness (QED) is 0.685. The van der Waals surface area contributed by atoms with Gasteiger partial charge in [0, 0.05) is 19.1 Å². The lowest BCUT2D eigenvalue weighted by Crippen LogP contribution is -2.37. The Bertz CT molecular complexity index is 102. The smallest absolute Gasteiger partial charge is 0.0108 e. The molecule has 0 aromatic rings. The summed E-state index contributed by atoms with van der Waals surface area (Å²) in [5.41, 5.74) is 5.49. The molecule has 0 aliphatic carbocycles. The van der Waals surface area contributed by atoms with E-state index < -0.39 is 0 Å². The maximum atomic E-state index is 5.49. The maximum absolute atomic E-state index is 5.49. The largest absolute Gasteiger partial charge is 0.329 e. The van der Waals surface area contributed by atoms with Gasteiger partial charge in [-0.05, 0) is 31.4 Å². The Morgan fingerprint density at radius 2 is 2.09 bits per heavy atom. The van der Waals surface area contributed by atoms with Crippen LogP contribution in [-0.2, 0) is 0 Å². The highest BCUT2D eigenvalue weighted by molar-refractivity contribution is 7.99. The van der Waals surface area contributed by atoms with Crippen LogP contribution in [0.4, 0.5) is 0 Å². The minimum Gasteiger partial charge on any atom is -0.329 e. The standard InChI is InChI=1S/C8H18N2S/c1-10(5-4-9)8-2-6-11-7-3-8/h8H,2-7,9H2,1H3. The second-order valence-corrected chi connectivity index (χ2v) is 4.34. The summed E-state index contributed by atoms with van der Waals surface area (Å²) < 4.78 is 0. The summed E-state index contributed by atoms with van der Waals surface area (Å²) in [6, 6.07) is 0.805. The Labute approximate surface area is 73.5 Å². The van der Waals surface area contributed by atoms with Crippen LogP contribution in [0, 0.1) is 0 Å². The van der Waals surface area contributed by atoms with Gasteiger partial charge in [-0.3, -0.25) is 0 Å². The second kappa shape index (κ2) is 5.01. The molecule has 0 amide bonds. The first kappa shape index (κ1) is 9.36. The number of rotatable bonds is 3. The van der Waals surface area contributed by atoms with Gasteiger partial charge in [-0.2, -0.15) is 11.8 Å². The minimum atomic E-state index is 0.792. The van der Waals surface area contributed by atoms with Crippen LogP contribution in [0.3, 0.4) is 0 Å². The molecule has 1 saturated heterocycles. The van der Waals surface area contributed by atoms with Gasteiger partial charge in [0.25, 0.3) is 0 Å². The SMILES string of the molecule is CN(CCN)C1CCSCC1. The lowest BCUT2D eigenvalue weighted by molar-refractivity contribution is 0.235. The highest BCUT2D eigenvalue weighted by atomic mass is 32.2. The molecule has 66 valence electrons. The van der Waals surface area contributed by atoms with Crippen LogP contribution in [0.2, 0.25) is 0 Å². The average molecular weight is 174 g/mol. The molecule has 0 atom stereocenters. The van der Waals surface area contributed by atoms with Crippen molar-refractivity contribution in [1.29, 1.82) is 0 Å². The van der Waals surface area contributed by atoms with E-state index >= 15 is 0 Å². The van der Waals surface area contributed by atoms with E-state index in [1.165, 1.54) is 24.3 Å². The van der Waals surface area contributed by atoms with Crippen LogP contribution in [-0.4, -0.2) is 42.6 Å². The molecule has 0 aromatic heterocycles. The van der Waals surface area contributed by atoms with Gasteiger partial charge in [-0.1, -0.05) is 0 Å². The Morgan fingerprint density at radius 1 is 1.45 bits per heavy atom. The number of hydrogen-bond donors (Lipinski definition) is 1. The van der Waals surface area contributed by atoms with Crippen molar-refractivity contribution in [1.82, 2.24) is 4.90 Å². The van der Waals surface area contributed by atoms with E-state index in [4.69, 9.17) is 5.73 Å². The maximum Gasteiger partial charge on any atom is 0.0108 e. The van der Waals surface area contributed by atoms with Crippen molar-refractivity contribution in [3.63, 3.8) is 0 Å². The minimum absolute atomic E-state index is 0.792. The molecular formula is C8H18N2S. The Morgan fingerprint density at radius 3 is 2.64 bits per heavy atom. The van der Waals surface area contributed by atoms with E-state index in [9.17, 15) is 0 Å². The van der Waals surface area contributed by atoms with Crippen LogP contribution in [0.15, 0.2) is 0 Å². The molecule has 1 fully saturated rings. The number of thioether (sulfide) groups is 1. The van der Waals surface area contributed by atoms with Crippen molar-refractivity contribution in [2.45, 2.75) is 18.9 Å². The third kappa shape index (κ3) is 3.01. The second-order valence-electron chi connectivity index (χ2n) is 3.11. The molecule has 2 N–H and O–H groups in total. The van der Waals surface area contributed by atoms with Gasteiger partial charge in [0.2, 0.25) is 0 Å². The number of nitrogens with zero attached hydrogens (tertiary/aromatic N) is 1. The highest BCUT2D eigenvalue weighted by Gasteiger charge is 2.16. The van der Waals surface area contributed by atoms with Gasteiger partial charge < -0.3 is 10.6 Å². The summed E-state index contributed by atoms with van der Waals surface area (Å²) >= 11 is 2.08. The van der Waals surface area contributed by atoms with Crippen LogP contribution in [0.1, 0.15) is 12.8 Å². The first-order chi connectivity index (χ1) is 5.34. The lowest BCUT2D eigenvalue weighted by Gasteiger charge is -2.30. The molecule has 0 radical (unpaired) electrons. The van der Waals surface area contributed by atoms with Crippen molar-refractivity contribution in [2.24, 2.45) is 5.73 Å². The monoisotopic (exact) mass is 174 g/mol. The summed E-state index contributed by atoms with van der Waals surface area (Å²) in [5.74, 6) is 2.67. The molecule has 0 spiro atoms. The molecular weight excluding hydrogens is 156 g/mol. The summed E-state index contributed by atoms with van der Waals surface area (Å²) in [7, 11) is 2.19. The average Bonchev–Trinajstić information content (AvgIpc) is 2.07. The van der Waals surface area contributed by atoms with E-state index in [2.05, 4.69) is 23.7 Å². The topological polar surface area (TPSA) is 29.3 Å². The zero-order valence-electron chi connectivity index (χ0n) is 7.25. The molecule has 2 nitrogen and oxygen atoms in total. The van der Waals surface area contributed by atoms with Gasteiger partial charge in [-0.25, -0.2) is 0 Å². The molecule has 1 heterocycles. The predicted octanol–water partition coefficient (Wildman–Crippen LogP) is 0.772. The molecule has 0 saturated carbocycles. The van der Waals surface area contributed by atoms with Gasteiger partial charge in [0.15, 0.2) is 0 Å². The number of likely N-dealkylation sites (N-methyl/N-ethyl adjacent to an activating group) is 1. The van der Waals surface area contributed by atoms with Crippen molar-refractivity contribution in [2.75, 3.05) is 31.6 Å². The first-order valence-electron chi connectivity index (χ1n) is 4.32. The van der Waals surface area contributed by atoms with E-state index in [1.807, 2.05) is 0 Å². The summed E-state index contributed by atoms with van der Waals surface area (Å²) in [6.45, 7) is 1.84. The van der Waals surface area contributed by atoms with Gasteiger partial charge in [-0.15, -0.1) is 0 Å². The third-order valence-electron chi connectivity index (χ3n) is 2.30. The van der Waals surface area contributed by atoms with E-state index in [0.717, 1.165) is 19.1 Å². The van der Waals surface area contributed by atoms with Gasteiger partial charge >= 0.3 is 0 Å². The van der Waals surface area contributed by atoms with E-state index in [1.54, 1.807) is 0 Å². The summed E-state index contributed by atoms with van der Waals surface area (Å²) in [6.07, 6.45) is 2.70. The van der Waals surface area contributed by atoms with Crippen LogP contribution >= 0.6 is 11.8 Å². The third-order valence-corrected chi connectivity index (χ3v) is 3.34. The summed E-state index contributed by atoms with van der Waals surface area (Å²) in [5, 5.41) is 0. The molecule has 0 unspecified atom stereocenters. The number of nitrogens with two attached hydrogens (primary N) is 1. The lowest BCUT2D eigenvalue weighted by atomic mass is 10.1. The van der Waals surface area contributed by atoms with Crippen LogP contribution < -0.4 is 5.73 Å². The van der Waals surface area contributed by atoms with Crippen LogP contribution in [0.5, 0.6) is 0 Å². The molecule has 1 aliphatic rings. The van der Waals surface area contributed by atoms with Crippen molar-refractivity contribution < 1.29 is 0 Å². The molecule has 1 rings (SSSR count). The van der Waals surface area contributed by atoms with Crippen molar-refractivity contribution >= 4 is 11.8 Å². The molecule has 11 heavy (non-hydrogen) atoms. The van der Waals surface area contributed by atoms with Gasteiger partial charge in [0.05, 0.1) is 0 Å². The first-order valence-corrected chi connectivity index (χ1v) is 5.48. The molecule has 1 aliphatic heterocycles. The Hall–Kier alpha value is 0.270. The predicted molar refractivity (Wildman–Crippen MR) is 52.0 cm³/mol. The molecule has 3 heteroatoms. The molecule has 0 aromatic carbocycles. The van der Waals surface area contributed by atoms with Crippen LogP contribution in [0.25, 0.3) is 0 Å². The van der Waals surface area contributed by atoms with Gasteiger partial charge in [0.1, 0.15) is 0 Å². The van der Waals surface area contributed by atoms with Crippen molar-refractivity contribution in [3.8, 4) is 0 Å². The number of hydrogen-bond acceptors (Lipinski definition) is 3. The fourth-order valence-electron chi connectivity index (χ4n) is 1.51. The Kier molecular flexibility index (Phi) is 4.26. The molecule has 0 bridgehead atoms. The normalized spacial score (nSPS) is 21.0. The highest BCUT2D eigenvalue weighted by Crippen LogP contribution is 2.20. The zero-order chi connectivity index (χ0) is 8.10. The van der Waals surface area contributed by atoms with E-state index in [0.29, 0.717) is 0 Å². The zero-order valence-corrected chi connectivity index (χ0v) is 8.07.